The Bertz CT molecular complexity index is 738. The zero-order chi connectivity index (χ0) is 17.6. The molecule has 1 N–H and O–H groups in total. The lowest BCUT2D eigenvalue weighted by molar-refractivity contribution is -0.135. The summed E-state index contributed by atoms with van der Waals surface area (Å²) in [5.41, 5.74) is 1.49. The Morgan fingerprint density at radius 3 is 2.71 bits per heavy atom. The summed E-state index contributed by atoms with van der Waals surface area (Å²) in [7, 11) is 5.46. The van der Waals surface area contributed by atoms with Crippen LogP contribution in [0.15, 0.2) is 23.0 Å². The second-order valence-electron chi connectivity index (χ2n) is 6.91. The van der Waals surface area contributed by atoms with Crippen molar-refractivity contribution in [3.63, 3.8) is 0 Å². The maximum atomic E-state index is 12.8. The molecule has 2 aliphatic heterocycles. The molecule has 0 saturated carbocycles. The second-order valence-corrected chi connectivity index (χ2v) is 6.91. The van der Waals surface area contributed by atoms with E-state index in [1.54, 1.807) is 23.6 Å². The number of aromatic nitrogens is 1. The molecule has 0 aliphatic carbocycles. The van der Waals surface area contributed by atoms with Crippen molar-refractivity contribution < 1.29 is 9.90 Å². The molecular formula is C18H25N3O3. The van der Waals surface area contributed by atoms with Crippen LogP contribution in [0.2, 0.25) is 0 Å². The van der Waals surface area contributed by atoms with E-state index in [0.717, 1.165) is 5.69 Å². The fourth-order valence-corrected chi connectivity index (χ4v) is 4.29. The highest BCUT2D eigenvalue weighted by Gasteiger charge is 2.54. The summed E-state index contributed by atoms with van der Waals surface area (Å²) in [4.78, 5) is 29.3. The van der Waals surface area contributed by atoms with Gasteiger partial charge in [0.15, 0.2) is 0 Å². The van der Waals surface area contributed by atoms with Crippen LogP contribution in [-0.4, -0.2) is 59.2 Å². The van der Waals surface area contributed by atoms with E-state index in [9.17, 15) is 14.7 Å². The van der Waals surface area contributed by atoms with E-state index in [-0.39, 0.29) is 42.0 Å². The minimum Gasteiger partial charge on any atom is -0.396 e. The van der Waals surface area contributed by atoms with Crippen molar-refractivity contribution in [3.05, 3.63) is 39.8 Å². The van der Waals surface area contributed by atoms with Crippen LogP contribution >= 0.6 is 0 Å². The Morgan fingerprint density at radius 2 is 2.12 bits per heavy atom. The van der Waals surface area contributed by atoms with E-state index in [0.29, 0.717) is 12.1 Å². The summed E-state index contributed by atoms with van der Waals surface area (Å²) in [6, 6.07) is 3.58. The van der Waals surface area contributed by atoms with E-state index in [1.165, 1.54) is 0 Å². The van der Waals surface area contributed by atoms with Crippen molar-refractivity contribution in [1.29, 1.82) is 0 Å². The van der Waals surface area contributed by atoms with E-state index in [4.69, 9.17) is 0 Å². The lowest BCUT2D eigenvalue weighted by Crippen LogP contribution is -2.44. The summed E-state index contributed by atoms with van der Waals surface area (Å²) in [6.07, 6.45) is 3.66. The number of hydrogen-bond acceptors (Lipinski definition) is 4. The average molecular weight is 331 g/mol. The van der Waals surface area contributed by atoms with Gasteiger partial charge in [-0.15, -0.1) is 0 Å². The zero-order valence-corrected chi connectivity index (χ0v) is 14.6. The van der Waals surface area contributed by atoms with E-state index < -0.39 is 0 Å². The molecule has 0 radical (unpaired) electrons. The van der Waals surface area contributed by atoms with Crippen LogP contribution < -0.4 is 5.56 Å². The third kappa shape index (κ3) is 2.32. The number of likely N-dealkylation sites (N-methyl/N-ethyl adjacent to an activating group) is 1. The van der Waals surface area contributed by atoms with Crippen LogP contribution in [-0.2, 0) is 11.3 Å². The Kier molecular flexibility index (Phi) is 4.36. The standard InChI is InChI=1S/C18H25N3O3/c1-5-6-11-7-8-13-16-15(18(24)19(2)3)12(10-22)14(20(16)4)9-21(13)17(11)23/h5-8,12,14-16,22H,9-10H2,1-4H3/b6-5+/t12-,14-,15+,16+/m1/s1. The van der Waals surface area contributed by atoms with Gasteiger partial charge in [0.1, 0.15) is 0 Å². The number of carbonyl (C=O) groups is 1. The van der Waals surface area contributed by atoms with Gasteiger partial charge in [-0.2, -0.15) is 0 Å². The summed E-state index contributed by atoms with van der Waals surface area (Å²) in [5.74, 6) is -0.494. The van der Waals surface area contributed by atoms with Crippen LogP contribution in [0.3, 0.4) is 0 Å². The van der Waals surface area contributed by atoms with Crippen LogP contribution in [0.25, 0.3) is 6.08 Å². The van der Waals surface area contributed by atoms with Gasteiger partial charge < -0.3 is 14.6 Å². The Labute approximate surface area is 142 Å². The molecule has 3 heterocycles. The van der Waals surface area contributed by atoms with Crippen LogP contribution in [0.5, 0.6) is 0 Å². The largest absolute Gasteiger partial charge is 0.396 e. The lowest BCUT2D eigenvalue weighted by Gasteiger charge is -2.35. The Hall–Kier alpha value is -1.92. The van der Waals surface area contributed by atoms with Gasteiger partial charge in [0.2, 0.25) is 5.91 Å². The number of aliphatic hydroxyl groups is 1. The summed E-state index contributed by atoms with van der Waals surface area (Å²) in [6.45, 7) is 2.34. The Morgan fingerprint density at radius 1 is 1.42 bits per heavy atom. The highest BCUT2D eigenvalue weighted by Crippen LogP contribution is 2.47. The molecule has 0 spiro atoms. The van der Waals surface area contributed by atoms with Gasteiger partial charge in [0.25, 0.3) is 5.56 Å². The maximum absolute atomic E-state index is 12.8. The number of aliphatic hydroxyl groups excluding tert-OH is 1. The molecule has 1 aromatic heterocycles. The number of nitrogens with zero attached hydrogens (tertiary/aromatic N) is 3. The van der Waals surface area contributed by atoms with Gasteiger partial charge in [-0.25, -0.2) is 0 Å². The number of carbonyl (C=O) groups excluding carboxylic acids is 1. The molecule has 0 unspecified atom stereocenters. The molecule has 1 fully saturated rings. The first-order valence-electron chi connectivity index (χ1n) is 8.32. The fourth-order valence-electron chi connectivity index (χ4n) is 4.29. The predicted octanol–water partition coefficient (Wildman–Crippen LogP) is 0.563. The number of hydrogen-bond donors (Lipinski definition) is 1. The van der Waals surface area contributed by atoms with Crippen LogP contribution in [0.4, 0.5) is 0 Å². The molecular weight excluding hydrogens is 306 g/mol. The minimum absolute atomic E-state index is 0.00632. The van der Waals surface area contributed by atoms with E-state index in [1.807, 2.05) is 38.3 Å². The summed E-state index contributed by atoms with van der Waals surface area (Å²) < 4.78 is 1.79. The van der Waals surface area contributed by atoms with Crippen molar-refractivity contribution in [1.82, 2.24) is 14.4 Å². The third-order valence-electron chi connectivity index (χ3n) is 5.45. The summed E-state index contributed by atoms with van der Waals surface area (Å²) >= 11 is 0. The monoisotopic (exact) mass is 331 g/mol. The van der Waals surface area contributed by atoms with E-state index >= 15 is 0 Å². The quantitative estimate of drug-likeness (QED) is 0.879. The van der Waals surface area contributed by atoms with Gasteiger partial charge in [-0.1, -0.05) is 12.2 Å². The van der Waals surface area contributed by atoms with Gasteiger partial charge in [0.05, 0.1) is 12.0 Å². The highest BCUT2D eigenvalue weighted by atomic mass is 16.3. The Balaban J connectivity index is 2.15. The second kappa shape index (κ2) is 6.18. The van der Waals surface area contributed by atoms with E-state index in [2.05, 4.69) is 4.90 Å². The summed E-state index contributed by atoms with van der Waals surface area (Å²) in [5, 5.41) is 9.92. The van der Waals surface area contributed by atoms with Crippen molar-refractivity contribution >= 4 is 12.0 Å². The van der Waals surface area contributed by atoms with Crippen molar-refractivity contribution in [3.8, 4) is 0 Å². The molecule has 1 amide bonds. The first kappa shape index (κ1) is 16.9. The topological polar surface area (TPSA) is 65.8 Å². The molecule has 1 aromatic rings. The number of allylic oxidation sites excluding steroid dienone is 1. The molecule has 1 saturated heterocycles. The fraction of sp³-hybridized carbons (Fsp3) is 0.556. The van der Waals surface area contributed by atoms with Crippen molar-refractivity contribution in [2.45, 2.75) is 25.6 Å². The molecule has 3 rings (SSSR count). The first-order valence-corrected chi connectivity index (χ1v) is 8.32. The molecule has 6 heteroatoms. The smallest absolute Gasteiger partial charge is 0.258 e. The molecule has 6 nitrogen and oxygen atoms in total. The molecule has 2 bridgehead atoms. The normalized spacial score (nSPS) is 29.0. The first-order chi connectivity index (χ1) is 11.4. The van der Waals surface area contributed by atoms with Gasteiger partial charge in [-0.3, -0.25) is 14.5 Å². The number of rotatable bonds is 3. The number of fused-ring (bicyclic) bond motifs is 4. The van der Waals surface area contributed by atoms with Crippen molar-refractivity contribution in [2.75, 3.05) is 27.7 Å². The lowest BCUT2D eigenvalue weighted by atomic mass is 9.86. The zero-order valence-electron chi connectivity index (χ0n) is 14.6. The predicted molar refractivity (Wildman–Crippen MR) is 92.5 cm³/mol. The molecule has 2 aliphatic rings. The van der Waals surface area contributed by atoms with Gasteiger partial charge in [0, 0.05) is 50.5 Å². The SMILES string of the molecule is C/C=C/c1ccc2n(c1=O)C[C@@H]1[C@@H](CO)[C@H](C(=O)N(C)C)[C@H]2N1C. The highest BCUT2D eigenvalue weighted by molar-refractivity contribution is 5.80. The molecule has 24 heavy (non-hydrogen) atoms. The third-order valence-corrected chi connectivity index (χ3v) is 5.45. The van der Waals surface area contributed by atoms with Crippen molar-refractivity contribution in [2.24, 2.45) is 11.8 Å². The van der Waals surface area contributed by atoms with Gasteiger partial charge in [-0.05, 0) is 26.1 Å². The molecule has 4 atom stereocenters. The maximum Gasteiger partial charge on any atom is 0.258 e. The van der Waals surface area contributed by atoms with Gasteiger partial charge >= 0.3 is 0 Å². The van der Waals surface area contributed by atoms with Crippen LogP contribution in [0, 0.1) is 11.8 Å². The van der Waals surface area contributed by atoms with Crippen LogP contribution in [0.1, 0.15) is 24.2 Å². The molecule has 0 aromatic carbocycles. The molecule has 130 valence electrons. The number of amides is 1. The number of pyridine rings is 1. The minimum atomic E-state index is -0.333. The average Bonchev–Trinajstić information content (AvgIpc) is 2.73.